The third kappa shape index (κ3) is 4.40. The van der Waals surface area contributed by atoms with Gasteiger partial charge in [0, 0.05) is 25.7 Å². The second-order valence-corrected chi connectivity index (χ2v) is 4.62. The summed E-state index contributed by atoms with van der Waals surface area (Å²) in [5, 5.41) is 3.42. The smallest absolute Gasteiger partial charge is 0.0162 e. The molecule has 1 rings (SSSR count). The van der Waals surface area contributed by atoms with Crippen molar-refractivity contribution in [3.8, 4) is 0 Å². The molecule has 1 fully saturated rings. The molecule has 1 aliphatic heterocycles. The van der Waals surface area contributed by atoms with Gasteiger partial charge in [-0.25, -0.2) is 0 Å². The van der Waals surface area contributed by atoms with Gasteiger partial charge in [0.05, 0.1) is 0 Å². The van der Waals surface area contributed by atoms with Crippen molar-refractivity contribution in [3.05, 3.63) is 0 Å². The minimum absolute atomic E-state index is 0.457. The summed E-state index contributed by atoms with van der Waals surface area (Å²) in [5.41, 5.74) is 5.53. The van der Waals surface area contributed by atoms with Crippen LogP contribution in [0.2, 0.25) is 0 Å². The lowest BCUT2D eigenvalue weighted by molar-refractivity contribution is 0.191. The van der Waals surface area contributed by atoms with E-state index in [2.05, 4.69) is 24.1 Å². The van der Waals surface area contributed by atoms with Gasteiger partial charge in [-0.05, 0) is 38.8 Å². The molecule has 14 heavy (non-hydrogen) atoms. The minimum Gasteiger partial charge on any atom is -0.329 e. The zero-order valence-electron chi connectivity index (χ0n) is 9.63. The molecule has 0 aromatic heterocycles. The summed E-state index contributed by atoms with van der Waals surface area (Å²) in [6.07, 6.45) is 2.74. The third-order valence-electron chi connectivity index (χ3n) is 3.15. The number of hydrogen-bond donors (Lipinski definition) is 2. The monoisotopic (exact) mass is 199 g/mol. The summed E-state index contributed by atoms with van der Waals surface area (Å²) in [6.45, 7) is 10.0. The fraction of sp³-hybridized carbons (Fsp3) is 1.00. The second kappa shape index (κ2) is 6.38. The van der Waals surface area contributed by atoms with E-state index in [-0.39, 0.29) is 0 Å². The van der Waals surface area contributed by atoms with Crippen LogP contribution in [0.3, 0.4) is 0 Å². The highest BCUT2D eigenvalue weighted by Crippen LogP contribution is 2.14. The molecule has 1 unspecified atom stereocenters. The van der Waals surface area contributed by atoms with Gasteiger partial charge in [-0.1, -0.05) is 6.92 Å². The maximum atomic E-state index is 5.53. The van der Waals surface area contributed by atoms with Crippen molar-refractivity contribution in [1.82, 2.24) is 10.2 Å². The van der Waals surface area contributed by atoms with Crippen LogP contribution in [0.5, 0.6) is 0 Å². The van der Waals surface area contributed by atoms with Crippen LogP contribution in [0, 0.1) is 5.92 Å². The van der Waals surface area contributed by atoms with Gasteiger partial charge in [-0.15, -0.1) is 0 Å². The van der Waals surface area contributed by atoms with Crippen LogP contribution in [-0.4, -0.2) is 43.7 Å². The van der Waals surface area contributed by atoms with E-state index in [0.29, 0.717) is 6.04 Å². The van der Waals surface area contributed by atoms with E-state index in [1.54, 1.807) is 0 Å². The van der Waals surface area contributed by atoms with E-state index in [0.717, 1.165) is 19.0 Å². The van der Waals surface area contributed by atoms with Crippen molar-refractivity contribution < 1.29 is 0 Å². The second-order valence-electron chi connectivity index (χ2n) is 4.62. The fourth-order valence-electron chi connectivity index (χ4n) is 1.84. The maximum Gasteiger partial charge on any atom is 0.0162 e. The van der Waals surface area contributed by atoms with E-state index in [1.165, 1.54) is 32.5 Å². The summed E-state index contributed by atoms with van der Waals surface area (Å²) in [6, 6.07) is 0.457. The molecular formula is C11H25N3. The number of nitrogens with zero attached hydrogens (tertiary/aromatic N) is 1. The summed E-state index contributed by atoms with van der Waals surface area (Å²) < 4.78 is 0. The molecule has 3 nitrogen and oxygen atoms in total. The summed E-state index contributed by atoms with van der Waals surface area (Å²) >= 11 is 0. The van der Waals surface area contributed by atoms with Crippen molar-refractivity contribution >= 4 is 0 Å². The van der Waals surface area contributed by atoms with Crippen LogP contribution in [0.1, 0.15) is 26.7 Å². The molecule has 0 aromatic carbocycles. The number of nitrogens with one attached hydrogen (secondary N) is 1. The van der Waals surface area contributed by atoms with Gasteiger partial charge < -0.3 is 16.0 Å². The topological polar surface area (TPSA) is 41.3 Å². The van der Waals surface area contributed by atoms with Gasteiger partial charge in [0.2, 0.25) is 0 Å². The van der Waals surface area contributed by atoms with E-state index in [4.69, 9.17) is 5.73 Å². The van der Waals surface area contributed by atoms with Crippen molar-refractivity contribution in [1.29, 1.82) is 0 Å². The Morgan fingerprint density at radius 3 is 2.64 bits per heavy atom. The molecule has 1 atom stereocenters. The van der Waals surface area contributed by atoms with Crippen molar-refractivity contribution in [3.63, 3.8) is 0 Å². The summed E-state index contributed by atoms with van der Waals surface area (Å²) in [5.74, 6) is 0.933. The number of rotatable bonds is 5. The number of likely N-dealkylation sites (tertiary alicyclic amines) is 1. The van der Waals surface area contributed by atoms with Crippen molar-refractivity contribution in [2.24, 2.45) is 11.7 Å². The molecule has 3 heteroatoms. The highest BCUT2D eigenvalue weighted by Gasteiger charge is 2.14. The Bertz CT molecular complexity index is 141. The van der Waals surface area contributed by atoms with E-state index in [9.17, 15) is 0 Å². The summed E-state index contributed by atoms with van der Waals surface area (Å²) in [7, 11) is 0. The fourth-order valence-corrected chi connectivity index (χ4v) is 1.84. The molecule has 1 aliphatic rings. The molecule has 0 spiro atoms. The molecule has 0 aliphatic carbocycles. The Morgan fingerprint density at radius 2 is 2.07 bits per heavy atom. The Hall–Kier alpha value is -0.120. The molecule has 0 bridgehead atoms. The Labute approximate surface area is 88.0 Å². The Balaban J connectivity index is 2.02. The molecular weight excluding hydrogens is 174 g/mol. The van der Waals surface area contributed by atoms with Gasteiger partial charge in [-0.2, -0.15) is 0 Å². The lowest BCUT2D eigenvalue weighted by atomic mass is 9.99. The first-order chi connectivity index (χ1) is 6.72. The molecule has 84 valence electrons. The van der Waals surface area contributed by atoms with Crippen LogP contribution in [0.25, 0.3) is 0 Å². The van der Waals surface area contributed by atoms with Crippen LogP contribution >= 0.6 is 0 Å². The molecule has 0 saturated carbocycles. The first-order valence-corrected chi connectivity index (χ1v) is 5.88. The zero-order chi connectivity index (χ0) is 10.4. The number of nitrogens with two attached hydrogens (primary N) is 1. The average Bonchev–Trinajstić information content (AvgIpc) is 2.21. The Morgan fingerprint density at radius 1 is 1.43 bits per heavy atom. The Kier molecular flexibility index (Phi) is 5.45. The molecule has 3 N–H and O–H groups in total. The molecule has 0 radical (unpaired) electrons. The van der Waals surface area contributed by atoms with E-state index in [1.807, 2.05) is 0 Å². The third-order valence-corrected chi connectivity index (χ3v) is 3.15. The van der Waals surface area contributed by atoms with E-state index >= 15 is 0 Å². The number of piperidine rings is 1. The highest BCUT2D eigenvalue weighted by atomic mass is 15.1. The maximum absolute atomic E-state index is 5.53. The standard InChI is InChI=1S/C11H25N3/c1-10-3-6-14(7-4-10)8-5-13-11(2)9-12/h10-11,13H,3-9,12H2,1-2H3. The van der Waals surface area contributed by atoms with Gasteiger partial charge >= 0.3 is 0 Å². The normalized spacial score (nSPS) is 22.5. The largest absolute Gasteiger partial charge is 0.329 e. The molecule has 0 aromatic rings. The van der Waals surface area contributed by atoms with Gasteiger partial charge in [0.1, 0.15) is 0 Å². The molecule has 1 saturated heterocycles. The highest BCUT2D eigenvalue weighted by molar-refractivity contribution is 4.70. The molecule has 0 amide bonds. The number of hydrogen-bond acceptors (Lipinski definition) is 3. The van der Waals surface area contributed by atoms with Crippen molar-refractivity contribution in [2.45, 2.75) is 32.7 Å². The predicted octanol–water partition coefficient (Wildman–Crippen LogP) is 0.655. The zero-order valence-corrected chi connectivity index (χ0v) is 9.63. The predicted molar refractivity (Wildman–Crippen MR) is 61.4 cm³/mol. The van der Waals surface area contributed by atoms with Crippen molar-refractivity contribution in [2.75, 3.05) is 32.7 Å². The van der Waals surface area contributed by atoms with E-state index < -0.39 is 0 Å². The first-order valence-electron chi connectivity index (χ1n) is 5.88. The SMILES string of the molecule is CC1CCN(CCNC(C)CN)CC1. The van der Waals surface area contributed by atoms with Crippen LogP contribution < -0.4 is 11.1 Å². The van der Waals surface area contributed by atoms with Gasteiger partial charge in [-0.3, -0.25) is 0 Å². The van der Waals surface area contributed by atoms with Gasteiger partial charge in [0.25, 0.3) is 0 Å². The first kappa shape index (κ1) is 12.0. The average molecular weight is 199 g/mol. The van der Waals surface area contributed by atoms with Crippen LogP contribution in [-0.2, 0) is 0 Å². The van der Waals surface area contributed by atoms with Crippen LogP contribution in [0.4, 0.5) is 0 Å². The van der Waals surface area contributed by atoms with Crippen LogP contribution in [0.15, 0.2) is 0 Å². The van der Waals surface area contributed by atoms with Gasteiger partial charge in [0.15, 0.2) is 0 Å². The quantitative estimate of drug-likeness (QED) is 0.683. The lowest BCUT2D eigenvalue weighted by Gasteiger charge is -2.30. The molecule has 1 heterocycles. The lowest BCUT2D eigenvalue weighted by Crippen LogP contribution is -2.41. The minimum atomic E-state index is 0.457. The summed E-state index contributed by atoms with van der Waals surface area (Å²) in [4.78, 5) is 2.55.